The van der Waals surface area contributed by atoms with Gasteiger partial charge in [-0.3, -0.25) is 9.80 Å². The molecule has 0 aromatic rings. The molecule has 0 spiro atoms. The Labute approximate surface area is 67.7 Å². The van der Waals surface area contributed by atoms with Crippen LogP contribution in [0.5, 0.6) is 0 Å². The van der Waals surface area contributed by atoms with Gasteiger partial charge >= 0.3 is 0 Å². The number of nitrogens with zero attached hydrogens (tertiary/aromatic N) is 1. The second-order valence-corrected chi connectivity index (χ2v) is 4.20. The molecule has 1 fully saturated rings. The second kappa shape index (κ2) is 2.81. The Bertz CT molecular complexity index is 160. The fraction of sp³-hybridized carbons (Fsp3) is 0.875. The Morgan fingerprint density at radius 3 is 2.55 bits per heavy atom. The maximum Gasteiger partial charge on any atom is 0.238 e. The van der Waals surface area contributed by atoms with Crippen LogP contribution in [0.15, 0.2) is 0 Å². The molecule has 1 heterocycles. The van der Waals surface area contributed by atoms with E-state index in [9.17, 15) is 4.79 Å². The Morgan fingerprint density at radius 1 is 1.55 bits per heavy atom. The minimum Gasteiger partial charge on any atom is -0.277 e. The summed E-state index contributed by atoms with van der Waals surface area (Å²) in [7, 11) is 0. The van der Waals surface area contributed by atoms with Gasteiger partial charge in [0.25, 0.3) is 0 Å². The molecule has 3 nitrogen and oxygen atoms in total. The van der Waals surface area contributed by atoms with Gasteiger partial charge in [-0.25, -0.2) is 5.43 Å². The third kappa shape index (κ3) is 2.50. The van der Waals surface area contributed by atoms with E-state index < -0.39 is 0 Å². The average Bonchev–Trinajstić information content (AvgIpc) is 2.12. The first kappa shape index (κ1) is 8.53. The smallest absolute Gasteiger partial charge is 0.238 e. The van der Waals surface area contributed by atoms with Crippen LogP contribution >= 0.6 is 0 Å². The molecule has 1 aliphatic rings. The van der Waals surface area contributed by atoms with Gasteiger partial charge in [0.15, 0.2) is 0 Å². The number of hydrogen-bond donors (Lipinski definition) is 1. The van der Waals surface area contributed by atoms with Crippen molar-refractivity contribution in [3.05, 3.63) is 0 Å². The third-order valence-corrected chi connectivity index (χ3v) is 1.58. The van der Waals surface area contributed by atoms with Crippen molar-refractivity contribution in [3.63, 3.8) is 0 Å². The molecule has 1 N–H and O–H groups in total. The van der Waals surface area contributed by atoms with E-state index in [2.05, 4.69) is 26.2 Å². The number of hydrazine groups is 1. The molecule has 0 aliphatic carbocycles. The molecule has 3 heteroatoms. The van der Waals surface area contributed by atoms with Crippen molar-refractivity contribution in [1.82, 2.24) is 10.4 Å². The second-order valence-electron chi connectivity index (χ2n) is 4.20. The number of nitrogens with one attached hydrogen (secondary N) is 1. The number of hydrogen-bond acceptors (Lipinski definition) is 2. The molecule has 0 aromatic carbocycles. The van der Waals surface area contributed by atoms with Crippen LogP contribution in [0, 0.1) is 5.41 Å². The van der Waals surface area contributed by atoms with E-state index in [0.29, 0.717) is 6.42 Å². The molecule has 11 heavy (non-hydrogen) atoms. The SMILES string of the molecule is CC(C)(C)CN1NCCC1=O. The summed E-state index contributed by atoms with van der Waals surface area (Å²) in [5.74, 6) is 0.222. The Morgan fingerprint density at radius 2 is 2.18 bits per heavy atom. The van der Waals surface area contributed by atoms with E-state index in [1.54, 1.807) is 5.01 Å². The molecule has 1 rings (SSSR count). The van der Waals surface area contributed by atoms with Gasteiger partial charge in [-0.1, -0.05) is 20.8 Å². The molecule has 1 amide bonds. The first-order valence-electron chi connectivity index (χ1n) is 4.03. The maximum absolute atomic E-state index is 11.1. The van der Waals surface area contributed by atoms with Gasteiger partial charge in [-0.05, 0) is 5.41 Å². The predicted octanol–water partition coefficient (Wildman–Crippen LogP) is 0.769. The molecule has 0 bridgehead atoms. The highest BCUT2D eigenvalue weighted by atomic mass is 16.2. The summed E-state index contributed by atoms with van der Waals surface area (Å²) in [6.07, 6.45) is 0.649. The van der Waals surface area contributed by atoms with Crippen LogP contribution in [-0.4, -0.2) is 24.0 Å². The van der Waals surface area contributed by atoms with Gasteiger partial charge in [0, 0.05) is 19.5 Å². The lowest BCUT2D eigenvalue weighted by atomic mass is 9.97. The maximum atomic E-state index is 11.1. The molecular weight excluding hydrogens is 140 g/mol. The normalized spacial score (nSPS) is 19.5. The lowest BCUT2D eigenvalue weighted by Gasteiger charge is -2.25. The van der Waals surface area contributed by atoms with E-state index in [1.807, 2.05) is 0 Å². The first-order valence-corrected chi connectivity index (χ1v) is 4.03. The number of rotatable bonds is 1. The average molecular weight is 156 g/mol. The highest BCUT2D eigenvalue weighted by Gasteiger charge is 2.24. The van der Waals surface area contributed by atoms with Crippen molar-refractivity contribution in [2.24, 2.45) is 5.41 Å². The minimum atomic E-state index is 0.188. The summed E-state index contributed by atoms with van der Waals surface area (Å²) in [4.78, 5) is 11.1. The van der Waals surface area contributed by atoms with Crippen molar-refractivity contribution in [2.75, 3.05) is 13.1 Å². The molecule has 1 aliphatic heterocycles. The van der Waals surface area contributed by atoms with Crippen molar-refractivity contribution in [3.8, 4) is 0 Å². The molecule has 0 unspecified atom stereocenters. The van der Waals surface area contributed by atoms with Gasteiger partial charge in [-0.2, -0.15) is 0 Å². The summed E-state index contributed by atoms with van der Waals surface area (Å²) in [5, 5.41) is 1.72. The Kier molecular flexibility index (Phi) is 2.18. The van der Waals surface area contributed by atoms with Gasteiger partial charge in [0.05, 0.1) is 0 Å². The van der Waals surface area contributed by atoms with E-state index in [-0.39, 0.29) is 11.3 Å². The molecule has 1 saturated heterocycles. The van der Waals surface area contributed by atoms with Crippen molar-refractivity contribution in [1.29, 1.82) is 0 Å². The quantitative estimate of drug-likeness (QED) is 0.608. The Balaban J connectivity index is 2.43. The van der Waals surface area contributed by atoms with Crippen molar-refractivity contribution >= 4 is 5.91 Å². The van der Waals surface area contributed by atoms with Crippen LogP contribution in [0.4, 0.5) is 0 Å². The standard InChI is InChI=1S/C8H16N2O/c1-8(2,3)6-10-7(11)4-5-9-10/h9H,4-6H2,1-3H3. The minimum absolute atomic E-state index is 0.188. The predicted molar refractivity (Wildman–Crippen MR) is 43.8 cm³/mol. The zero-order chi connectivity index (χ0) is 8.48. The summed E-state index contributed by atoms with van der Waals surface area (Å²) >= 11 is 0. The van der Waals surface area contributed by atoms with Crippen LogP contribution in [0.2, 0.25) is 0 Å². The molecule has 0 aromatic heterocycles. The zero-order valence-electron chi connectivity index (χ0n) is 7.48. The van der Waals surface area contributed by atoms with E-state index in [4.69, 9.17) is 0 Å². The summed E-state index contributed by atoms with van der Waals surface area (Å²) in [6.45, 7) is 7.97. The Hall–Kier alpha value is -0.570. The monoisotopic (exact) mass is 156 g/mol. The number of carbonyl (C=O) groups excluding carboxylic acids is 1. The van der Waals surface area contributed by atoms with Crippen molar-refractivity contribution in [2.45, 2.75) is 27.2 Å². The number of amides is 1. The van der Waals surface area contributed by atoms with Gasteiger partial charge < -0.3 is 0 Å². The van der Waals surface area contributed by atoms with Crippen LogP contribution in [0.3, 0.4) is 0 Å². The van der Waals surface area contributed by atoms with Gasteiger partial charge in [0.2, 0.25) is 5.91 Å². The fourth-order valence-electron chi connectivity index (χ4n) is 1.14. The molecule has 0 atom stereocenters. The molecule has 64 valence electrons. The summed E-state index contributed by atoms with van der Waals surface area (Å²) in [6, 6.07) is 0. The van der Waals surface area contributed by atoms with Crippen molar-refractivity contribution < 1.29 is 4.79 Å². The topological polar surface area (TPSA) is 32.3 Å². The van der Waals surface area contributed by atoms with E-state index in [0.717, 1.165) is 13.1 Å². The fourth-order valence-corrected chi connectivity index (χ4v) is 1.14. The highest BCUT2D eigenvalue weighted by Crippen LogP contribution is 2.15. The summed E-state index contributed by atoms with van der Waals surface area (Å²) in [5.41, 5.74) is 3.23. The lowest BCUT2D eigenvalue weighted by Crippen LogP contribution is -2.40. The van der Waals surface area contributed by atoms with Gasteiger partial charge in [0.1, 0.15) is 0 Å². The molecular formula is C8H16N2O. The van der Waals surface area contributed by atoms with E-state index >= 15 is 0 Å². The lowest BCUT2D eigenvalue weighted by molar-refractivity contribution is -0.130. The van der Waals surface area contributed by atoms with Crippen LogP contribution < -0.4 is 5.43 Å². The van der Waals surface area contributed by atoms with Crippen LogP contribution in [0.1, 0.15) is 27.2 Å². The van der Waals surface area contributed by atoms with Gasteiger partial charge in [-0.15, -0.1) is 0 Å². The molecule has 0 saturated carbocycles. The highest BCUT2D eigenvalue weighted by molar-refractivity contribution is 5.77. The first-order chi connectivity index (χ1) is 4.99. The van der Waals surface area contributed by atoms with Crippen LogP contribution in [0.25, 0.3) is 0 Å². The molecule has 0 radical (unpaired) electrons. The summed E-state index contributed by atoms with van der Waals surface area (Å²) < 4.78 is 0. The van der Waals surface area contributed by atoms with E-state index in [1.165, 1.54) is 0 Å². The van der Waals surface area contributed by atoms with Crippen LogP contribution in [-0.2, 0) is 4.79 Å². The zero-order valence-corrected chi connectivity index (χ0v) is 7.48. The number of carbonyl (C=O) groups is 1. The largest absolute Gasteiger partial charge is 0.277 e. The third-order valence-electron chi connectivity index (χ3n) is 1.58.